The van der Waals surface area contributed by atoms with Crippen molar-refractivity contribution in [1.82, 2.24) is 0 Å². The van der Waals surface area contributed by atoms with Crippen LogP contribution in [0.5, 0.6) is 0 Å². The molecule has 20 heavy (non-hydrogen) atoms. The highest BCUT2D eigenvalue weighted by molar-refractivity contribution is 5.90. The summed E-state index contributed by atoms with van der Waals surface area (Å²) in [5.74, 6) is -0.335. The molecule has 0 fully saturated rings. The minimum Gasteiger partial charge on any atom is -0.461 e. The number of hydrogen-bond donors (Lipinski definition) is 0. The Labute approximate surface area is 119 Å². The zero-order valence-corrected chi connectivity index (χ0v) is 12.1. The summed E-state index contributed by atoms with van der Waals surface area (Å²) in [6.45, 7) is 3.87. The fourth-order valence-electron chi connectivity index (χ4n) is 2.17. The molecular weight excluding hydrogens is 252 g/mol. The minimum atomic E-state index is -0.685. The van der Waals surface area contributed by atoms with Gasteiger partial charge in [-0.3, -0.25) is 0 Å². The number of esters is 1. The van der Waals surface area contributed by atoms with Crippen molar-refractivity contribution >= 4 is 16.7 Å². The number of benzene rings is 2. The lowest BCUT2D eigenvalue weighted by atomic mass is 10.0. The van der Waals surface area contributed by atoms with Crippen molar-refractivity contribution in [3.05, 3.63) is 48.0 Å². The zero-order valence-electron chi connectivity index (χ0n) is 12.1. The lowest BCUT2D eigenvalue weighted by Crippen LogP contribution is -2.22. The first-order valence-corrected chi connectivity index (χ1v) is 6.88. The molecule has 0 aliphatic heterocycles. The van der Waals surface area contributed by atoms with E-state index >= 15 is 0 Å². The Bertz CT molecular complexity index is 586. The van der Waals surface area contributed by atoms with Gasteiger partial charge in [0.2, 0.25) is 0 Å². The number of ether oxygens (including phenoxy) is 2. The maximum atomic E-state index is 12.2. The standard InChI is InChI=1S/C17H20O3/c1-4-12(2)20-17(18)16(19-3)15-11-7-9-13-8-5-6-10-14(13)15/h5-12,16H,4H2,1-3H3/t12-,16+/m1/s1. The highest BCUT2D eigenvalue weighted by Crippen LogP contribution is 2.27. The normalized spacial score (nSPS) is 13.9. The molecule has 0 aliphatic rings. The lowest BCUT2D eigenvalue weighted by molar-refractivity contribution is -0.160. The van der Waals surface area contributed by atoms with Gasteiger partial charge in [0.05, 0.1) is 6.10 Å². The summed E-state index contributed by atoms with van der Waals surface area (Å²) in [5.41, 5.74) is 0.846. The van der Waals surface area contributed by atoms with E-state index in [9.17, 15) is 4.79 Å². The fraction of sp³-hybridized carbons (Fsp3) is 0.353. The molecule has 0 radical (unpaired) electrons. The minimum absolute atomic E-state index is 0.102. The van der Waals surface area contributed by atoms with Crippen molar-refractivity contribution in [1.29, 1.82) is 0 Å². The maximum absolute atomic E-state index is 12.2. The smallest absolute Gasteiger partial charge is 0.340 e. The molecule has 3 nitrogen and oxygen atoms in total. The molecule has 2 aromatic rings. The van der Waals surface area contributed by atoms with Crippen molar-refractivity contribution in [2.75, 3.05) is 7.11 Å². The van der Waals surface area contributed by atoms with Gasteiger partial charge < -0.3 is 9.47 Å². The van der Waals surface area contributed by atoms with Crippen LogP contribution in [-0.2, 0) is 14.3 Å². The molecule has 0 bridgehead atoms. The topological polar surface area (TPSA) is 35.5 Å². The number of carbonyl (C=O) groups is 1. The number of hydrogen-bond acceptors (Lipinski definition) is 3. The van der Waals surface area contributed by atoms with Gasteiger partial charge in [0.15, 0.2) is 6.10 Å². The average Bonchev–Trinajstić information content (AvgIpc) is 2.48. The van der Waals surface area contributed by atoms with Crippen LogP contribution in [0.4, 0.5) is 0 Å². The largest absolute Gasteiger partial charge is 0.461 e. The third kappa shape index (κ3) is 2.99. The molecule has 2 aromatic carbocycles. The van der Waals surface area contributed by atoms with E-state index in [2.05, 4.69) is 0 Å². The van der Waals surface area contributed by atoms with Crippen LogP contribution in [0.2, 0.25) is 0 Å². The zero-order chi connectivity index (χ0) is 14.5. The Hall–Kier alpha value is -1.87. The van der Waals surface area contributed by atoms with Crippen LogP contribution in [0.3, 0.4) is 0 Å². The van der Waals surface area contributed by atoms with Crippen molar-refractivity contribution in [2.24, 2.45) is 0 Å². The first-order chi connectivity index (χ1) is 9.67. The number of methoxy groups -OCH3 is 1. The van der Waals surface area contributed by atoms with Gasteiger partial charge in [0.1, 0.15) is 0 Å². The monoisotopic (exact) mass is 272 g/mol. The lowest BCUT2D eigenvalue weighted by Gasteiger charge is -2.19. The summed E-state index contributed by atoms with van der Waals surface area (Å²) >= 11 is 0. The Morgan fingerprint density at radius 2 is 1.85 bits per heavy atom. The molecule has 0 spiro atoms. The van der Waals surface area contributed by atoms with E-state index in [1.54, 1.807) is 0 Å². The summed E-state index contributed by atoms with van der Waals surface area (Å²) in [6, 6.07) is 13.8. The SMILES string of the molecule is CC[C@@H](C)OC(=O)[C@@H](OC)c1cccc2ccccc12. The third-order valence-corrected chi connectivity index (χ3v) is 3.45. The van der Waals surface area contributed by atoms with Crippen molar-refractivity contribution in [3.63, 3.8) is 0 Å². The number of fused-ring (bicyclic) bond motifs is 1. The third-order valence-electron chi connectivity index (χ3n) is 3.45. The van der Waals surface area contributed by atoms with Crippen molar-refractivity contribution in [3.8, 4) is 0 Å². The average molecular weight is 272 g/mol. The van der Waals surface area contributed by atoms with Crippen LogP contribution in [0.25, 0.3) is 10.8 Å². The van der Waals surface area contributed by atoms with Crippen LogP contribution in [0, 0.1) is 0 Å². The molecule has 0 saturated carbocycles. The van der Waals surface area contributed by atoms with Gasteiger partial charge >= 0.3 is 5.97 Å². The summed E-state index contributed by atoms with van der Waals surface area (Å²) < 4.78 is 10.8. The molecule has 2 rings (SSSR count). The van der Waals surface area contributed by atoms with Gasteiger partial charge in [0, 0.05) is 7.11 Å². The van der Waals surface area contributed by atoms with Gasteiger partial charge in [-0.25, -0.2) is 4.79 Å². The van der Waals surface area contributed by atoms with E-state index in [-0.39, 0.29) is 12.1 Å². The predicted molar refractivity (Wildman–Crippen MR) is 79.5 cm³/mol. The Morgan fingerprint density at radius 3 is 2.55 bits per heavy atom. The molecule has 0 aliphatic carbocycles. The fourth-order valence-corrected chi connectivity index (χ4v) is 2.17. The molecule has 0 aromatic heterocycles. The van der Waals surface area contributed by atoms with E-state index < -0.39 is 6.10 Å². The summed E-state index contributed by atoms with van der Waals surface area (Å²) in [5, 5.41) is 2.10. The molecule has 3 heteroatoms. The van der Waals surface area contributed by atoms with Crippen LogP contribution in [0.15, 0.2) is 42.5 Å². The molecule has 106 valence electrons. The summed E-state index contributed by atoms with van der Waals surface area (Å²) in [4.78, 5) is 12.2. The van der Waals surface area contributed by atoms with Crippen LogP contribution in [-0.4, -0.2) is 19.2 Å². The van der Waals surface area contributed by atoms with E-state index in [1.165, 1.54) is 7.11 Å². The van der Waals surface area contributed by atoms with E-state index in [1.807, 2.05) is 56.3 Å². The van der Waals surface area contributed by atoms with Crippen LogP contribution < -0.4 is 0 Å². The van der Waals surface area contributed by atoms with E-state index in [0.717, 1.165) is 22.8 Å². The Balaban J connectivity index is 2.37. The van der Waals surface area contributed by atoms with Crippen molar-refractivity contribution < 1.29 is 14.3 Å². The van der Waals surface area contributed by atoms with Gasteiger partial charge in [-0.2, -0.15) is 0 Å². The van der Waals surface area contributed by atoms with Gasteiger partial charge in [-0.1, -0.05) is 49.4 Å². The van der Waals surface area contributed by atoms with Gasteiger partial charge in [-0.05, 0) is 29.7 Å². The van der Waals surface area contributed by atoms with Gasteiger partial charge in [0.25, 0.3) is 0 Å². The molecule has 0 unspecified atom stereocenters. The van der Waals surface area contributed by atoms with Crippen LogP contribution >= 0.6 is 0 Å². The number of rotatable bonds is 5. The first kappa shape index (κ1) is 14.5. The number of carbonyl (C=O) groups excluding carboxylic acids is 1. The molecule has 2 atom stereocenters. The highest BCUT2D eigenvalue weighted by Gasteiger charge is 2.24. The van der Waals surface area contributed by atoms with Crippen LogP contribution in [0.1, 0.15) is 31.9 Å². The quantitative estimate of drug-likeness (QED) is 0.775. The molecule has 0 saturated heterocycles. The molecule has 0 N–H and O–H groups in total. The maximum Gasteiger partial charge on any atom is 0.340 e. The van der Waals surface area contributed by atoms with Gasteiger partial charge in [-0.15, -0.1) is 0 Å². The molecule has 0 amide bonds. The second-order valence-corrected chi connectivity index (χ2v) is 4.84. The Morgan fingerprint density at radius 1 is 1.15 bits per heavy atom. The predicted octanol–water partition coefficient (Wildman–Crippen LogP) is 3.87. The summed E-state index contributed by atoms with van der Waals surface area (Å²) in [7, 11) is 1.53. The highest BCUT2D eigenvalue weighted by atomic mass is 16.6. The first-order valence-electron chi connectivity index (χ1n) is 6.88. The molecule has 0 heterocycles. The second kappa shape index (κ2) is 6.53. The van der Waals surface area contributed by atoms with Crippen molar-refractivity contribution in [2.45, 2.75) is 32.5 Å². The van der Waals surface area contributed by atoms with E-state index in [0.29, 0.717) is 0 Å². The van der Waals surface area contributed by atoms with E-state index in [4.69, 9.17) is 9.47 Å². The summed E-state index contributed by atoms with van der Waals surface area (Å²) in [6.07, 6.45) is 0.00257. The molecular formula is C17H20O3. The second-order valence-electron chi connectivity index (χ2n) is 4.84. The Kier molecular flexibility index (Phi) is 4.74.